The van der Waals surface area contributed by atoms with E-state index in [1.54, 1.807) is 4.90 Å². The van der Waals surface area contributed by atoms with Crippen LogP contribution in [0.15, 0.2) is 29.2 Å². The molecule has 9 heteroatoms. The number of sulfone groups is 2. The molecule has 2 aliphatic rings. The molecule has 27 heavy (non-hydrogen) atoms. The van der Waals surface area contributed by atoms with Gasteiger partial charge < -0.3 is 9.64 Å². The second-order valence-electron chi connectivity index (χ2n) is 7.33. The lowest BCUT2D eigenvalue weighted by Gasteiger charge is -2.34. The largest absolute Gasteiger partial charge is 0.484 e. The number of rotatable bonds is 6. The Hall–Kier alpha value is -1.61. The van der Waals surface area contributed by atoms with E-state index in [2.05, 4.69) is 0 Å². The van der Waals surface area contributed by atoms with Crippen molar-refractivity contribution in [3.8, 4) is 5.75 Å². The Morgan fingerprint density at radius 1 is 1.11 bits per heavy atom. The monoisotopic (exact) mass is 415 g/mol. The van der Waals surface area contributed by atoms with E-state index in [0.29, 0.717) is 12.2 Å². The van der Waals surface area contributed by atoms with E-state index in [1.807, 2.05) is 0 Å². The summed E-state index contributed by atoms with van der Waals surface area (Å²) in [6, 6.07) is 5.71. The van der Waals surface area contributed by atoms with E-state index in [0.717, 1.165) is 31.9 Å². The highest BCUT2D eigenvalue weighted by Gasteiger charge is 2.39. The Labute approximate surface area is 160 Å². The topological polar surface area (TPSA) is 97.8 Å². The summed E-state index contributed by atoms with van der Waals surface area (Å²) in [7, 11) is -6.37. The van der Waals surface area contributed by atoms with Crippen molar-refractivity contribution < 1.29 is 26.4 Å². The van der Waals surface area contributed by atoms with Crippen molar-refractivity contribution in [1.82, 2.24) is 4.90 Å². The first-order valence-corrected chi connectivity index (χ1v) is 12.8. The zero-order valence-corrected chi connectivity index (χ0v) is 17.0. The van der Waals surface area contributed by atoms with Gasteiger partial charge in [-0.15, -0.1) is 0 Å². The van der Waals surface area contributed by atoms with Crippen LogP contribution >= 0.6 is 0 Å². The van der Waals surface area contributed by atoms with Crippen LogP contribution in [0.1, 0.15) is 32.1 Å². The van der Waals surface area contributed by atoms with Crippen LogP contribution in [0.5, 0.6) is 5.75 Å². The highest BCUT2D eigenvalue weighted by molar-refractivity contribution is 7.91. The molecule has 1 aliphatic heterocycles. The van der Waals surface area contributed by atoms with E-state index >= 15 is 0 Å². The van der Waals surface area contributed by atoms with Gasteiger partial charge in [0.1, 0.15) is 5.75 Å². The van der Waals surface area contributed by atoms with E-state index < -0.39 is 19.7 Å². The minimum atomic E-state index is -3.29. The van der Waals surface area contributed by atoms with Crippen molar-refractivity contribution >= 4 is 25.6 Å². The third-order valence-electron chi connectivity index (χ3n) is 5.22. The summed E-state index contributed by atoms with van der Waals surface area (Å²) in [6.45, 7) is -0.189. The van der Waals surface area contributed by atoms with Gasteiger partial charge in [-0.1, -0.05) is 12.8 Å². The molecule has 1 amide bonds. The predicted molar refractivity (Wildman–Crippen MR) is 101 cm³/mol. The smallest absolute Gasteiger partial charge is 0.261 e. The van der Waals surface area contributed by atoms with Gasteiger partial charge in [-0.2, -0.15) is 0 Å². The second-order valence-corrected chi connectivity index (χ2v) is 11.6. The summed E-state index contributed by atoms with van der Waals surface area (Å²) in [4.78, 5) is 14.8. The van der Waals surface area contributed by atoms with Gasteiger partial charge in [0.15, 0.2) is 26.3 Å². The fraction of sp³-hybridized carbons (Fsp3) is 0.611. The molecule has 7 nitrogen and oxygen atoms in total. The minimum absolute atomic E-state index is 0.0261. The van der Waals surface area contributed by atoms with E-state index in [9.17, 15) is 21.6 Å². The van der Waals surface area contributed by atoms with Crippen molar-refractivity contribution in [1.29, 1.82) is 0 Å². The van der Waals surface area contributed by atoms with E-state index in [-0.39, 0.29) is 41.0 Å². The number of carbonyl (C=O) groups excluding carboxylic acids is 1. The summed E-state index contributed by atoms with van der Waals surface area (Å²) in [5, 5.41) is 0. The zero-order chi connectivity index (χ0) is 19.7. The maximum Gasteiger partial charge on any atom is 0.261 e. The molecular weight excluding hydrogens is 390 g/mol. The summed E-state index contributed by atoms with van der Waals surface area (Å²) in [6.07, 6.45) is 5.48. The van der Waals surface area contributed by atoms with E-state index in [1.165, 1.54) is 24.3 Å². The predicted octanol–water partition coefficient (Wildman–Crippen LogP) is 1.43. The summed E-state index contributed by atoms with van der Waals surface area (Å²) < 4.78 is 52.3. The molecule has 1 atom stereocenters. The first-order chi connectivity index (χ1) is 12.7. The molecule has 0 radical (unpaired) electrons. The van der Waals surface area contributed by atoms with Crippen LogP contribution < -0.4 is 4.74 Å². The Morgan fingerprint density at radius 2 is 1.74 bits per heavy atom. The summed E-state index contributed by atoms with van der Waals surface area (Å²) >= 11 is 0. The lowest BCUT2D eigenvalue weighted by Crippen LogP contribution is -2.48. The number of ether oxygens (including phenoxy) is 1. The Bertz CT molecular complexity index is 886. The van der Waals surface area contributed by atoms with Gasteiger partial charge in [-0.3, -0.25) is 4.79 Å². The second kappa shape index (κ2) is 7.79. The fourth-order valence-corrected chi connectivity index (χ4v) is 6.23. The van der Waals surface area contributed by atoms with Crippen molar-refractivity contribution in [2.75, 3.05) is 24.4 Å². The van der Waals surface area contributed by atoms with Crippen LogP contribution in [0.25, 0.3) is 0 Å². The normalized spacial score (nSPS) is 22.6. The molecule has 0 bridgehead atoms. The minimum Gasteiger partial charge on any atom is -0.484 e. The lowest BCUT2D eigenvalue weighted by atomic mass is 10.1. The van der Waals surface area contributed by atoms with Gasteiger partial charge >= 0.3 is 0 Å². The van der Waals surface area contributed by atoms with Gasteiger partial charge in [-0.05, 0) is 43.5 Å². The number of nitrogens with zero attached hydrogens (tertiary/aromatic N) is 1. The number of hydrogen-bond acceptors (Lipinski definition) is 6. The molecule has 1 saturated carbocycles. The fourth-order valence-electron chi connectivity index (χ4n) is 3.89. The zero-order valence-electron chi connectivity index (χ0n) is 15.3. The average molecular weight is 416 g/mol. The lowest BCUT2D eigenvalue weighted by molar-refractivity contribution is -0.137. The highest BCUT2D eigenvalue weighted by atomic mass is 32.2. The molecule has 0 N–H and O–H groups in total. The van der Waals surface area contributed by atoms with Crippen molar-refractivity contribution in [3.63, 3.8) is 0 Å². The summed E-state index contributed by atoms with van der Waals surface area (Å²) in [5.41, 5.74) is 0. The van der Waals surface area contributed by atoms with Gasteiger partial charge in [0.25, 0.3) is 5.91 Å². The molecule has 1 aromatic rings. The highest BCUT2D eigenvalue weighted by Crippen LogP contribution is 2.29. The van der Waals surface area contributed by atoms with Crippen LogP contribution in [0.3, 0.4) is 0 Å². The number of carbonyl (C=O) groups is 1. The molecule has 2 fully saturated rings. The molecule has 1 aliphatic carbocycles. The molecule has 1 heterocycles. The van der Waals surface area contributed by atoms with Gasteiger partial charge in [0, 0.05) is 18.3 Å². The van der Waals surface area contributed by atoms with Crippen molar-refractivity contribution in [3.05, 3.63) is 24.3 Å². The molecule has 150 valence electrons. The Morgan fingerprint density at radius 3 is 2.26 bits per heavy atom. The SMILES string of the molecule is CS(=O)(=O)c1ccc(OCC(=O)N(C2CCCC2)C2CCS(=O)(=O)C2)cc1. The van der Waals surface area contributed by atoms with Crippen molar-refractivity contribution in [2.24, 2.45) is 0 Å². The molecule has 1 saturated heterocycles. The maximum absolute atomic E-state index is 12.8. The molecule has 1 aromatic carbocycles. The summed E-state index contributed by atoms with van der Waals surface area (Å²) in [5.74, 6) is 0.345. The molecule has 3 rings (SSSR count). The molecular formula is C18H25NO6S2. The molecule has 1 unspecified atom stereocenters. The quantitative estimate of drug-likeness (QED) is 0.697. The van der Waals surface area contributed by atoms with E-state index in [4.69, 9.17) is 4.74 Å². The van der Waals surface area contributed by atoms with Crippen LogP contribution in [0, 0.1) is 0 Å². The third kappa shape index (κ3) is 5.01. The molecule has 0 aromatic heterocycles. The maximum atomic E-state index is 12.8. The first kappa shape index (κ1) is 20.1. The van der Waals surface area contributed by atoms with Gasteiger partial charge in [0.2, 0.25) is 0 Å². The van der Waals surface area contributed by atoms with Crippen LogP contribution in [-0.2, 0) is 24.5 Å². The van der Waals surface area contributed by atoms with Crippen molar-refractivity contribution in [2.45, 2.75) is 49.1 Å². The number of benzene rings is 1. The number of hydrogen-bond donors (Lipinski definition) is 0. The standard InChI is InChI=1S/C18H25NO6S2/c1-26(21,22)17-8-6-16(7-9-17)25-12-18(20)19(14-4-2-3-5-14)15-10-11-27(23,24)13-15/h6-9,14-15H,2-5,10-13H2,1H3. The third-order valence-corrected chi connectivity index (χ3v) is 8.10. The average Bonchev–Trinajstić information content (AvgIpc) is 3.23. The first-order valence-electron chi connectivity index (χ1n) is 9.10. The van der Waals surface area contributed by atoms with Gasteiger partial charge in [-0.25, -0.2) is 16.8 Å². The van der Waals surface area contributed by atoms with Crippen LogP contribution in [0.4, 0.5) is 0 Å². The van der Waals surface area contributed by atoms with Gasteiger partial charge in [0.05, 0.1) is 16.4 Å². The van der Waals surface area contributed by atoms with Crippen LogP contribution in [0.2, 0.25) is 0 Å². The van der Waals surface area contributed by atoms with Crippen LogP contribution in [-0.4, -0.2) is 64.1 Å². The Balaban J connectivity index is 1.67. The number of amides is 1. The Kier molecular flexibility index (Phi) is 5.81. The molecule has 0 spiro atoms.